The Balaban J connectivity index is 1.92. The molecule has 1 amide bonds. The van der Waals surface area contributed by atoms with Crippen LogP contribution in [0.1, 0.15) is 36.7 Å². The number of hydrogen-bond donors (Lipinski definition) is 1. The molecule has 0 bridgehead atoms. The summed E-state index contributed by atoms with van der Waals surface area (Å²) in [4.78, 5) is 27.0. The summed E-state index contributed by atoms with van der Waals surface area (Å²) < 4.78 is 70.5. The highest BCUT2D eigenvalue weighted by Crippen LogP contribution is 2.37. The van der Waals surface area contributed by atoms with Gasteiger partial charge in [0.25, 0.3) is 15.9 Å². The van der Waals surface area contributed by atoms with Crippen LogP contribution in [-0.4, -0.2) is 45.4 Å². The average Bonchev–Trinajstić information content (AvgIpc) is 3.16. The van der Waals surface area contributed by atoms with Gasteiger partial charge in [-0.15, -0.1) is 17.9 Å². The number of rotatable bonds is 6. The van der Waals surface area contributed by atoms with Crippen molar-refractivity contribution in [2.45, 2.75) is 23.4 Å². The molecule has 1 N–H and O–H groups in total. The lowest BCUT2D eigenvalue weighted by Crippen LogP contribution is -2.35. The van der Waals surface area contributed by atoms with Gasteiger partial charge in [-0.05, 0) is 36.2 Å². The summed E-state index contributed by atoms with van der Waals surface area (Å²) in [6, 6.07) is 3.87. The lowest BCUT2D eigenvalue weighted by Gasteiger charge is -2.27. The zero-order valence-electron chi connectivity index (χ0n) is 16.9. The van der Waals surface area contributed by atoms with E-state index in [1.165, 1.54) is 11.0 Å². The number of halogens is 3. The molecule has 0 saturated carbocycles. The predicted molar refractivity (Wildman–Crippen MR) is 111 cm³/mol. The molecule has 1 aliphatic rings. The number of methoxy groups -OCH3 is 1. The van der Waals surface area contributed by atoms with Crippen LogP contribution in [0, 0.1) is 0 Å². The molecule has 3 rings (SSSR count). The number of ether oxygens (including phenoxy) is 1. The molecule has 172 valence electrons. The monoisotopic (exact) mass is 488 g/mol. The van der Waals surface area contributed by atoms with Crippen LogP contribution in [0.2, 0.25) is 0 Å². The summed E-state index contributed by atoms with van der Waals surface area (Å²) >= 11 is 0.857. The van der Waals surface area contributed by atoms with Crippen LogP contribution in [0.4, 0.5) is 13.2 Å². The van der Waals surface area contributed by atoms with Crippen molar-refractivity contribution in [1.82, 2.24) is 9.62 Å². The van der Waals surface area contributed by atoms with Crippen LogP contribution in [0.3, 0.4) is 0 Å². The van der Waals surface area contributed by atoms with Gasteiger partial charge in [-0.1, -0.05) is 6.08 Å². The maximum absolute atomic E-state index is 12.8. The van der Waals surface area contributed by atoms with Gasteiger partial charge in [0.2, 0.25) is 0 Å². The predicted octanol–water partition coefficient (Wildman–Crippen LogP) is 3.22. The van der Waals surface area contributed by atoms with E-state index < -0.39 is 33.6 Å². The second kappa shape index (κ2) is 9.04. The molecule has 2 heterocycles. The number of nitrogens with zero attached hydrogens (tertiary/aromatic N) is 1. The van der Waals surface area contributed by atoms with Gasteiger partial charge in [0.1, 0.15) is 4.21 Å². The maximum Gasteiger partial charge on any atom is 0.416 e. The summed E-state index contributed by atoms with van der Waals surface area (Å²) in [6.07, 6.45) is -2.96. The number of esters is 1. The van der Waals surface area contributed by atoms with Crippen molar-refractivity contribution in [3.63, 3.8) is 0 Å². The Morgan fingerprint density at radius 3 is 2.50 bits per heavy atom. The second-order valence-corrected chi connectivity index (χ2v) is 9.92. The highest BCUT2D eigenvalue weighted by molar-refractivity contribution is 7.91. The third-order valence-electron chi connectivity index (χ3n) is 4.82. The van der Waals surface area contributed by atoms with E-state index in [2.05, 4.69) is 11.3 Å². The van der Waals surface area contributed by atoms with Gasteiger partial charge in [0.15, 0.2) is 0 Å². The molecule has 0 atom stereocenters. The van der Waals surface area contributed by atoms with Gasteiger partial charge in [-0.25, -0.2) is 17.9 Å². The molecular weight excluding hydrogens is 469 g/mol. The van der Waals surface area contributed by atoms with Gasteiger partial charge in [-0.2, -0.15) is 13.2 Å². The van der Waals surface area contributed by atoms with E-state index in [4.69, 9.17) is 4.74 Å². The summed E-state index contributed by atoms with van der Waals surface area (Å²) in [7, 11) is -2.88. The highest BCUT2D eigenvalue weighted by Gasteiger charge is 2.35. The zero-order valence-corrected chi connectivity index (χ0v) is 18.5. The number of nitrogens with one attached hydrogen (secondary N) is 1. The summed E-state index contributed by atoms with van der Waals surface area (Å²) in [5.74, 6) is -1.30. The van der Waals surface area contributed by atoms with E-state index in [0.29, 0.717) is 10.4 Å². The van der Waals surface area contributed by atoms with Crippen molar-refractivity contribution >= 4 is 33.2 Å². The number of carbonyl (C=O) groups is 2. The molecule has 0 spiro atoms. The van der Waals surface area contributed by atoms with E-state index in [1.54, 1.807) is 0 Å². The highest BCUT2D eigenvalue weighted by atomic mass is 32.2. The van der Waals surface area contributed by atoms with E-state index in [9.17, 15) is 31.2 Å². The number of carbonyl (C=O) groups excluding carboxylic acids is 2. The van der Waals surface area contributed by atoms with Crippen LogP contribution in [0.5, 0.6) is 0 Å². The molecule has 32 heavy (non-hydrogen) atoms. The second-order valence-electron chi connectivity index (χ2n) is 6.85. The summed E-state index contributed by atoms with van der Waals surface area (Å²) in [5, 5.41) is 0. The van der Waals surface area contributed by atoms with Gasteiger partial charge < -0.3 is 9.64 Å². The fourth-order valence-electron chi connectivity index (χ4n) is 3.27. The molecule has 0 radical (unpaired) electrons. The molecule has 0 aliphatic carbocycles. The number of hydrogen-bond acceptors (Lipinski definition) is 6. The number of thiophene rings is 1. The molecule has 2 aromatic rings. The lowest BCUT2D eigenvalue weighted by molar-refractivity contribution is -0.137. The Hall–Kier alpha value is -2.70. The topological polar surface area (TPSA) is 92.8 Å². The van der Waals surface area contributed by atoms with Crippen LogP contribution < -0.4 is 4.72 Å². The Morgan fingerprint density at radius 1 is 1.28 bits per heavy atom. The SMILES string of the molecule is C=CCNS(=O)(=O)c1sc2c(c1C(=O)OC)CCN(C(=O)c1ccc(C(F)(F)F)cc1)C2. The summed E-state index contributed by atoms with van der Waals surface area (Å²) in [6.45, 7) is 3.59. The van der Waals surface area contributed by atoms with Gasteiger partial charge in [-0.3, -0.25) is 4.79 Å². The zero-order chi connectivity index (χ0) is 23.7. The third-order valence-corrected chi connectivity index (χ3v) is 7.98. The lowest BCUT2D eigenvalue weighted by atomic mass is 10.0. The first-order valence-electron chi connectivity index (χ1n) is 9.29. The Labute approximate surface area is 186 Å². The smallest absolute Gasteiger partial charge is 0.416 e. The van der Waals surface area contributed by atoms with E-state index >= 15 is 0 Å². The van der Waals surface area contributed by atoms with Gasteiger partial charge in [0.05, 0.1) is 24.8 Å². The fraction of sp³-hybridized carbons (Fsp3) is 0.300. The minimum Gasteiger partial charge on any atom is -0.465 e. The van der Waals surface area contributed by atoms with Crippen LogP contribution >= 0.6 is 11.3 Å². The Kier molecular flexibility index (Phi) is 6.77. The molecule has 0 fully saturated rings. The van der Waals surface area contributed by atoms with Crippen molar-refractivity contribution in [2.75, 3.05) is 20.2 Å². The summed E-state index contributed by atoms with van der Waals surface area (Å²) in [5.41, 5.74) is -0.368. The molecule has 7 nitrogen and oxygen atoms in total. The molecular formula is C20H19F3N2O5S2. The first kappa shape index (κ1) is 24.0. The Morgan fingerprint density at radius 2 is 1.94 bits per heavy atom. The van der Waals surface area contributed by atoms with E-state index in [-0.39, 0.29) is 41.4 Å². The third kappa shape index (κ3) is 4.71. The van der Waals surface area contributed by atoms with Crippen molar-refractivity contribution in [3.8, 4) is 0 Å². The van der Waals surface area contributed by atoms with E-state index in [1.807, 2.05) is 0 Å². The van der Waals surface area contributed by atoms with E-state index in [0.717, 1.165) is 42.7 Å². The number of benzene rings is 1. The number of alkyl halides is 3. The largest absolute Gasteiger partial charge is 0.465 e. The molecule has 0 unspecified atom stereocenters. The van der Waals surface area contributed by atoms with Crippen molar-refractivity contribution in [2.24, 2.45) is 0 Å². The maximum atomic E-state index is 12.8. The Bertz CT molecular complexity index is 1160. The van der Waals surface area contributed by atoms with Crippen LogP contribution in [0.25, 0.3) is 0 Å². The van der Waals surface area contributed by atoms with Crippen molar-refractivity contribution in [3.05, 3.63) is 64.1 Å². The number of fused-ring (bicyclic) bond motifs is 1. The first-order valence-corrected chi connectivity index (χ1v) is 11.6. The van der Waals surface area contributed by atoms with Crippen molar-refractivity contribution < 1.29 is 35.9 Å². The minimum atomic E-state index is -4.51. The quantitative estimate of drug-likeness (QED) is 0.498. The molecule has 0 saturated heterocycles. The van der Waals surface area contributed by atoms with Crippen molar-refractivity contribution in [1.29, 1.82) is 0 Å². The average molecular weight is 489 g/mol. The first-order chi connectivity index (χ1) is 15.0. The number of amides is 1. The standard InChI is InChI=1S/C20H19F3N2O5S2/c1-3-9-24-32(28,29)19-16(18(27)30-2)14-8-10-25(11-15(14)31-19)17(26)12-4-6-13(7-5-12)20(21,22)23/h3-7,24H,1,8-11H2,2H3. The van der Waals surface area contributed by atoms with Crippen LogP contribution in [0.15, 0.2) is 41.1 Å². The molecule has 1 aliphatic heterocycles. The molecule has 12 heteroatoms. The number of sulfonamides is 1. The van der Waals surface area contributed by atoms with Gasteiger partial charge in [0, 0.05) is 23.5 Å². The van der Waals surface area contributed by atoms with Gasteiger partial charge >= 0.3 is 12.1 Å². The van der Waals surface area contributed by atoms with Crippen LogP contribution in [-0.2, 0) is 33.9 Å². The normalized spacial score (nSPS) is 14.1. The minimum absolute atomic E-state index is 0.0147. The fourth-order valence-corrected chi connectivity index (χ4v) is 6.21. The molecule has 1 aromatic heterocycles. The molecule has 1 aromatic carbocycles.